The minimum Gasteiger partial charge on any atom is -0.512 e. The summed E-state index contributed by atoms with van der Waals surface area (Å²) in [5.74, 6) is 0.286. The number of hydrogen-bond acceptors (Lipinski definition) is 5. The molecule has 0 fully saturated rings. The average molecular weight is 871 g/mol. The fraction of sp³-hybridized carbons (Fsp3) is 0.395. The van der Waals surface area contributed by atoms with Crippen LogP contribution < -0.4 is 0 Å². The summed E-state index contributed by atoms with van der Waals surface area (Å²) in [5.41, 5.74) is 3.92. The molecule has 2 heterocycles. The molecule has 2 aromatic heterocycles. The Morgan fingerprint density at radius 3 is 2.10 bits per heavy atom. The molecule has 0 aliphatic rings. The number of fused-ring (bicyclic) bond motifs is 4. The summed E-state index contributed by atoms with van der Waals surface area (Å²) in [6.07, 6.45) is 10.9. The fourth-order valence-electron chi connectivity index (χ4n) is 6.02. The molecular formula is C43H52IrNO2S2-. The summed E-state index contributed by atoms with van der Waals surface area (Å²) in [6, 6.07) is 20.9. The summed E-state index contributed by atoms with van der Waals surface area (Å²) in [7, 11) is 0. The Bertz CT molecular complexity index is 1990. The molecule has 0 saturated heterocycles. The normalized spacial score (nSPS) is 12.8. The summed E-state index contributed by atoms with van der Waals surface area (Å²) >= 11 is 6.57. The summed E-state index contributed by atoms with van der Waals surface area (Å²) in [6.45, 7) is 20.9. The molecule has 0 aliphatic heterocycles. The summed E-state index contributed by atoms with van der Waals surface area (Å²) in [4.78, 5) is 18.1. The van der Waals surface area contributed by atoms with Gasteiger partial charge in [0.25, 0.3) is 0 Å². The number of benzene rings is 3. The third-order valence-corrected chi connectivity index (χ3v) is 11.9. The molecule has 5 rings (SSSR count). The minimum atomic E-state index is -0.337. The monoisotopic (exact) mass is 871 g/mol. The fourth-order valence-corrected chi connectivity index (χ4v) is 7.40. The zero-order valence-electron chi connectivity index (χ0n) is 30.7. The van der Waals surface area contributed by atoms with Crippen LogP contribution in [0.15, 0.2) is 77.5 Å². The number of carbonyl (C=O) groups is 1. The van der Waals surface area contributed by atoms with Gasteiger partial charge < -0.3 is 5.11 Å². The van der Waals surface area contributed by atoms with Crippen LogP contribution in [0.25, 0.3) is 48.3 Å². The van der Waals surface area contributed by atoms with Crippen LogP contribution in [0.5, 0.6) is 0 Å². The number of pyridine rings is 1. The Kier molecular flexibility index (Phi) is 13.7. The first kappa shape index (κ1) is 40.7. The van der Waals surface area contributed by atoms with Gasteiger partial charge in [0.1, 0.15) is 5.76 Å². The maximum atomic E-state index is 12.2. The van der Waals surface area contributed by atoms with Crippen LogP contribution in [0.3, 0.4) is 0 Å². The molecule has 3 nitrogen and oxygen atoms in total. The molecule has 0 atom stereocenters. The first-order chi connectivity index (χ1) is 22.7. The Hall–Kier alpha value is -2.76. The number of carbonyl (C=O) groups excluding carboxylic acids is 1. The molecule has 1 N–H and O–H groups in total. The SMILES string of the molecule is C/C=C/c1c(S)ccc2sc3ccnc(-c4[c-]c5ccccc5c(C(C)(C)C)c4)c3c12.CCC(C)(CC)C(=O)/C=C(\O)C(C)(CC)CC.[Ir]. The van der Waals surface area contributed by atoms with E-state index in [1.54, 1.807) is 0 Å². The van der Waals surface area contributed by atoms with Crippen LogP contribution in [-0.4, -0.2) is 15.9 Å². The molecule has 1 radical (unpaired) electrons. The zero-order chi connectivity index (χ0) is 35.4. The second kappa shape index (κ2) is 16.5. The van der Waals surface area contributed by atoms with Crippen molar-refractivity contribution in [2.45, 2.75) is 105 Å². The Labute approximate surface area is 317 Å². The second-order valence-electron chi connectivity index (χ2n) is 14.3. The molecule has 0 unspecified atom stereocenters. The predicted molar refractivity (Wildman–Crippen MR) is 213 cm³/mol. The number of rotatable bonds is 9. The first-order valence-corrected chi connectivity index (χ1v) is 18.5. The van der Waals surface area contributed by atoms with Crippen LogP contribution in [-0.2, 0) is 30.3 Å². The van der Waals surface area contributed by atoms with Gasteiger partial charge >= 0.3 is 0 Å². The maximum absolute atomic E-state index is 12.2. The van der Waals surface area contributed by atoms with E-state index >= 15 is 0 Å². The van der Waals surface area contributed by atoms with Crippen molar-refractivity contribution < 1.29 is 30.0 Å². The van der Waals surface area contributed by atoms with Crippen LogP contribution >= 0.6 is 24.0 Å². The molecule has 0 bridgehead atoms. The maximum Gasteiger partial charge on any atom is 0.164 e. The van der Waals surface area contributed by atoms with E-state index in [-0.39, 0.29) is 47.9 Å². The van der Waals surface area contributed by atoms with Crippen molar-refractivity contribution in [1.82, 2.24) is 4.98 Å². The minimum absolute atomic E-state index is 0. The molecule has 263 valence electrons. The average Bonchev–Trinajstić information content (AvgIpc) is 3.47. The standard InChI is InChI=1S/C28H24NS2.C15H28O2.Ir/c1-5-8-20-22(30)11-12-23-25(20)26-24(31-23)13-14-29-27(26)18-15-17-9-6-7-10-19(17)21(16-18)28(2,3)4;1-7-14(5,8-2)12(16)11-13(17)15(6,9-3)10-4;/h5-14,16,30H,1-4H3;11,16H,7-10H2,1-6H3;/q-1;;/b8-5+;12-11-;. The van der Waals surface area contributed by atoms with Crippen molar-refractivity contribution in [3.05, 3.63) is 89.8 Å². The van der Waals surface area contributed by atoms with Gasteiger partial charge in [0.15, 0.2) is 5.78 Å². The van der Waals surface area contributed by atoms with Gasteiger partial charge in [-0.25, -0.2) is 0 Å². The predicted octanol–water partition coefficient (Wildman–Crippen LogP) is 13.3. The van der Waals surface area contributed by atoms with Gasteiger partial charge in [0, 0.05) is 68.6 Å². The van der Waals surface area contributed by atoms with Gasteiger partial charge in [-0.2, -0.15) is 0 Å². The van der Waals surface area contributed by atoms with E-state index < -0.39 is 0 Å². The van der Waals surface area contributed by atoms with Gasteiger partial charge in [0.05, 0.1) is 0 Å². The van der Waals surface area contributed by atoms with Crippen LogP contribution in [0.1, 0.15) is 106 Å². The number of aliphatic hydroxyl groups excluding tert-OH is 1. The van der Waals surface area contributed by atoms with E-state index in [2.05, 4.69) is 87.5 Å². The van der Waals surface area contributed by atoms with Crippen molar-refractivity contribution in [2.75, 3.05) is 0 Å². The molecule has 3 aromatic carbocycles. The van der Waals surface area contributed by atoms with Crippen molar-refractivity contribution in [3.8, 4) is 11.3 Å². The van der Waals surface area contributed by atoms with Gasteiger partial charge in [-0.15, -0.1) is 53.1 Å². The van der Waals surface area contributed by atoms with E-state index in [0.29, 0.717) is 0 Å². The summed E-state index contributed by atoms with van der Waals surface area (Å²) < 4.78 is 2.50. The van der Waals surface area contributed by atoms with Gasteiger partial charge in [-0.3, -0.25) is 9.78 Å². The van der Waals surface area contributed by atoms with Crippen molar-refractivity contribution in [3.63, 3.8) is 0 Å². The molecule has 6 heteroatoms. The van der Waals surface area contributed by atoms with E-state index in [1.807, 2.05) is 66.0 Å². The topological polar surface area (TPSA) is 50.2 Å². The Balaban J connectivity index is 0.000000312. The largest absolute Gasteiger partial charge is 0.512 e. The Morgan fingerprint density at radius 2 is 1.51 bits per heavy atom. The van der Waals surface area contributed by atoms with Crippen molar-refractivity contribution >= 4 is 66.8 Å². The van der Waals surface area contributed by atoms with Crippen LogP contribution in [0.4, 0.5) is 0 Å². The van der Waals surface area contributed by atoms with Gasteiger partial charge in [0.2, 0.25) is 0 Å². The smallest absolute Gasteiger partial charge is 0.164 e. The third-order valence-electron chi connectivity index (χ3n) is 10.3. The van der Waals surface area contributed by atoms with E-state index in [1.165, 1.54) is 37.2 Å². The number of aliphatic hydroxyl groups is 1. The van der Waals surface area contributed by atoms with E-state index in [9.17, 15) is 9.90 Å². The Morgan fingerprint density at radius 1 is 0.898 bits per heavy atom. The molecule has 49 heavy (non-hydrogen) atoms. The van der Waals surface area contributed by atoms with E-state index in [4.69, 9.17) is 17.6 Å². The quantitative estimate of drug-likeness (QED) is 0.0671. The summed E-state index contributed by atoms with van der Waals surface area (Å²) in [5, 5.41) is 14.9. The van der Waals surface area contributed by atoms with Crippen LogP contribution in [0.2, 0.25) is 0 Å². The third kappa shape index (κ3) is 8.42. The zero-order valence-corrected chi connectivity index (χ0v) is 34.9. The molecule has 0 saturated carbocycles. The van der Waals surface area contributed by atoms with Crippen LogP contribution in [0, 0.1) is 16.9 Å². The van der Waals surface area contributed by atoms with Gasteiger partial charge in [-0.05, 0) is 67.2 Å². The molecule has 5 aromatic rings. The molecular weight excluding hydrogens is 819 g/mol. The van der Waals surface area contributed by atoms with Crippen molar-refractivity contribution in [2.24, 2.45) is 10.8 Å². The number of hydrogen-bond donors (Lipinski definition) is 2. The van der Waals surface area contributed by atoms with E-state index in [0.717, 1.165) is 52.8 Å². The number of thiol groups is 1. The number of ketones is 1. The van der Waals surface area contributed by atoms with Gasteiger partial charge in [-0.1, -0.05) is 104 Å². The number of aromatic nitrogens is 1. The number of nitrogens with zero attached hydrogens (tertiary/aromatic N) is 1. The molecule has 0 amide bonds. The molecule has 0 aliphatic carbocycles. The number of thiophene rings is 1. The molecule has 0 spiro atoms. The second-order valence-corrected chi connectivity index (χ2v) is 15.9. The first-order valence-electron chi connectivity index (χ1n) is 17.2. The number of allylic oxidation sites excluding steroid dienone is 3. The van der Waals surface area contributed by atoms with Crippen molar-refractivity contribution in [1.29, 1.82) is 0 Å².